The second-order valence-electron chi connectivity index (χ2n) is 7.34. The minimum Gasteiger partial charge on any atom is -0.493 e. The van der Waals surface area contributed by atoms with Gasteiger partial charge in [0.25, 0.3) is 5.91 Å². The Hall–Kier alpha value is -2.62. The molecule has 1 amide bonds. The Morgan fingerprint density at radius 1 is 1.08 bits per heavy atom. The summed E-state index contributed by atoms with van der Waals surface area (Å²) >= 11 is 0. The molecule has 2 aliphatic carbocycles. The SMILES string of the molecule is O=Cc1ccc2c(c1)CC[C@H](NC(=O)c1ccc(OCC3CC3)cc1)C2. The van der Waals surface area contributed by atoms with Crippen LogP contribution in [0.2, 0.25) is 0 Å². The van der Waals surface area contributed by atoms with Crippen LogP contribution in [0.3, 0.4) is 0 Å². The normalized spacial score (nSPS) is 18.7. The van der Waals surface area contributed by atoms with Gasteiger partial charge in [-0.3, -0.25) is 9.59 Å². The smallest absolute Gasteiger partial charge is 0.251 e. The van der Waals surface area contributed by atoms with E-state index in [2.05, 4.69) is 5.32 Å². The topological polar surface area (TPSA) is 55.4 Å². The van der Waals surface area contributed by atoms with Gasteiger partial charge in [-0.25, -0.2) is 0 Å². The Morgan fingerprint density at radius 2 is 1.88 bits per heavy atom. The summed E-state index contributed by atoms with van der Waals surface area (Å²) < 4.78 is 5.72. The highest BCUT2D eigenvalue weighted by atomic mass is 16.5. The van der Waals surface area contributed by atoms with Crippen LogP contribution in [0.5, 0.6) is 5.75 Å². The van der Waals surface area contributed by atoms with E-state index in [1.54, 1.807) is 0 Å². The van der Waals surface area contributed by atoms with Gasteiger partial charge in [0.1, 0.15) is 12.0 Å². The van der Waals surface area contributed by atoms with Crippen molar-refractivity contribution in [2.45, 2.75) is 38.1 Å². The fourth-order valence-corrected chi connectivity index (χ4v) is 3.44. The van der Waals surface area contributed by atoms with Gasteiger partial charge in [0.2, 0.25) is 0 Å². The zero-order valence-electron chi connectivity index (χ0n) is 14.7. The van der Waals surface area contributed by atoms with E-state index in [0.29, 0.717) is 5.56 Å². The van der Waals surface area contributed by atoms with Crippen molar-refractivity contribution in [3.05, 3.63) is 64.7 Å². The predicted octanol–water partition coefficient (Wildman–Crippen LogP) is 3.58. The van der Waals surface area contributed by atoms with Crippen molar-refractivity contribution in [2.24, 2.45) is 5.92 Å². The first-order valence-electron chi connectivity index (χ1n) is 9.32. The zero-order valence-corrected chi connectivity index (χ0v) is 14.7. The first-order chi connectivity index (χ1) is 12.7. The van der Waals surface area contributed by atoms with Crippen molar-refractivity contribution in [3.8, 4) is 5.75 Å². The van der Waals surface area contributed by atoms with Crippen LogP contribution in [-0.4, -0.2) is 24.8 Å². The number of benzene rings is 2. The monoisotopic (exact) mass is 349 g/mol. The molecule has 0 heterocycles. The fraction of sp³-hybridized carbons (Fsp3) is 0.364. The largest absolute Gasteiger partial charge is 0.493 e. The van der Waals surface area contributed by atoms with Gasteiger partial charge in [-0.15, -0.1) is 0 Å². The number of aryl methyl sites for hydroxylation is 1. The average Bonchev–Trinajstić information content (AvgIpc) is 3.51. The molecule has 4 rings (SSSR count). The summed E-state index contributed by atoms with van der Waals surface area (Å²) in [5.41, 5.74) is 3.81. The van der Waals surface area contributed by atoms with E-state index < -0.39 is 0 Å². The number of hydrogen-bond donors (Lipinski definition) is 1. The Morgan fingerprint density at radius 3 is 2.62 bits per heavy atom. The van der Waals surface area contributed by atoms with E-state index in [1.165, 1.54) is 24.0 Å². The average molecular weight is 349 g/mol. The maximum atomic E-state index is 12.5. The van der Waals surface area contributed by atoms with Crippen LogP contribution < -0.4 is 10.1 Å². The Kier molecular flexibility index (Phi) is 4.74. The van der Waals surface area contributed by atoms with Gasteiger partial charge in [-0.1, -0.05) is 12.1 Å². The summed E-state index contributed by atoms with van der Waals surface area (Å²) in [7, 11) is 0. The summed E-state index contributed by atoms with van der Waals surface area (Å²) in [6.07, 6.45) is 6.00. The van der Waals surface area contributed by atoms with Crippen LogP contribution in [0.25, 0.3) is 0 Å². The van der Waals surface area contributed by atoms with Gasteiger partial charge in [0.05, 0.1) is 6.61 Å². The van der Waals surface area contributed by atoms with E-state index in [1.807, 2.05) is 42.5 Å². The molecule has 26 heavy (non-hydrogen) atoms. The minimum atomic E-state index is -0.0447. The number of aldehydes is 1. The molecular weight excluding hydrogens is 326 g/mol. The summed E-state index contributed by atoms with van der Waals surface area (Å²) in [6.45, 7) is 0.777. The van der Waals surface area contributed by atoms with E-state index in [4.69, 9.17) is 4.74 Å². The Bertz CT molecular complexity index is 809. The number of fused-ring (bicyclic) bond motifs is 1. The molecule has 134 valence electrons. The van der Waals surface area contributed by atoms with Crippen LogP contribution in [0.1, 0.15) is 51.1 Å². The first-order valence-corrected chi connectivity index (χ1v) is 9.32. The van der Waals surface area contributed by atoms with Gasteiger partial charge in [-0.05, 0) is 79.5 Å². The maximum Gasteiger partial charge on any atom is 0.251 e. The molecule has 0 radical (unpaired) electrons. The van der Waals surface area contributed by atoms with Crippen molar-refractivity contribution in [2.75, 3.05) is 6.61 Å². The van der Waals surface area contributed by atoms with Crippen molar-refractivity contribution in [3.63, 3.8) is 0 Å². The number of ether oxygens (including phenoxy) is 1. The Labute approximate surface area is 153 Å². The molecule has 0 spiro atoms. The Balaban J connectivity index is 1.34. The molecule has 2 aliphatic rings. The quantitative estimate of drug-likeness (QED) is 0.811. The molecule has 0 bridgehead atoms. The van der Waals surface area contributed by atoms with Gasteiger partial charge in [-0.2, -0.15) is 0 Å². The van der Waals surface area contributed by atoms with Crippen molar-refractivity contribution in [1.82, 2.24) is 5.32 Å². The summed E-state index contributed by atoms with van der Waals surface area (Å²) in [5.74, 6) is 1.50. The van der Waals surface area contributed by atoms with Crippen LogP contribution in [0.4, 0.5) is 0 Å². The molecule has 1 fully saturated rings. The molecule has 0 unspecified atom stereocenters. The molecule has 4 nitrogen and oxygen atoms in total. The van der Waals surface area contributed by atoms with Crippen molar-refractivity contribution < 1.29 is 14.3 Å². The number of carbonyl (C=O) groups is 2. The molecule has 2 aromatic carbocycles. The molecule has 0 aliphatic heterocycles. The van der Waals surface area contributed by atoms with Crippen LogP contribution in [0, 0.1) is 5.92 Å². The lowest BCUT2D eigenvalue weighted by Gasteiger charge is -2.25. The number of amides is 1. The van der Waals surface area contributed by atoms with Crippen LogP contribution >= 0.6 is 0 Å². The third-order valence-electron chi connectivity index (χ3n) is 5.23. The van der Waals surface area contributed by atoms with E-state index in [0.717, 1.165) is 49.4 Å². The highest BCUT2D eigenvalue weighted by molar-refractivity contribution is 5.94. The number of nitrogens with one attached hydrogen (secondary N) is 1. The lowest BCUT2D eigenvalue weighted by Crippen LogP contribution is -2.38. The second kappa shape index (κ2) is 7.32. The number of carbonyl (C=O) groups excluding carboxylic acids is 2. The van der Waals surface area contributed by atoms with Crippen molar-refractivity contribution in [1.29, 1.82) is 0 Å². The number of rotatable bonds is 6. The van der Waals surface area contributed by atoms with Gasteiger partial charge in [0, 0.05) is 17.2 Å². The fourth-order valence-electron chi connectivity index (χ4n) is 3.44. The van der Waals surface area contributed by atoms with E-state index in [-0.39, 0.29) is 11.9 Å². The molecule has 4 heteroatoms. The van der Waals surface area contributed by atoms with E-state index >= 15 is 0 Å². The van der Waals surface area contributed by atoms with Gasteiger partial charge < -0.3 is 10.1 Å². The van der Waals surface area contributed by atoms with E-state index in [9.17, 15) is 9.59 Å². The standard InChI is InChI=1S/C22H23NO3/c24-13-16-3-4-19-12-20(8-5-18(19)11-16)23-22(25)17-6-9-21(10-7-17)26-14-15-1-2-15/h3-4,6-7,9-11,13,15,20H,1-2,5,8,12,14H2,(H,23,25)/t20-/m0/s1. The summed E-state index contributed by atoms with van der Waals surface area (Å²) in [6, 6.07) is 13.3. The summed E-state index contributed by atoms with van der Waals surface area (Å²) in [5, 5.41) is 3.14. The molecular formula is C22H23NO3. The van der Waals surface area contributed by atoms with Gasteiger partial charge in [0.15, 0.2) is 0 Å². The lowest BCUT2D eigenvalue weighted by atomic mass is 9.87. The first kappa shape index (κ1) is 16.8. The minimum absolute atomic E-state index is 0.0447. The maximum absolute atomic E-state index is 12.5. The summed E-state index contributed by atoms with van der Waals surface area (Å²) in [4.78, 5) is 23.4. The molecule has 2 aromatic rings. The third kappa shape index (κ3) is 3.96. The third-order valence-corrected chi connectivity index (χ3v) is 5.23. The molecule has 1 saturated carbocycles. The zero-order chi connectivity index (χ0) is 17.9. The highest BCUT2D eigenvalue weighted by Crippen LogP contribution is 2.29. The molecule has 1 atom stereocenters. The second-order valence-corrected chi connectivity index (χ2v) is 7.34. The molecule has 0 saturated heterocycles. The predicted molar refractivity (Wildman–Crippen MR) is 99.8 cm³/mol. The molecule has 0 aromatic heterocycles. The number of hydrogen-bond acceptors (Lipinski definition) is 3. The van der Waals surface area contributed by atoms with Crippen LogP contribution in [-0.2, 0) is 12.8 Å². The van der Waals surface area contributed by atoms with Gasteiger partial charge >= 0.3 is 0 Å². The lowest BCUT2D eigenvalue weighted by molar-refractivity contribution is 0.0933. The van der Waals surface area contributed by atoms with Crippen molar-refractivity contribution >= 4 is 12.2 Å². The van der Waals surface area contributed by atoms with Crippen LogP contribution in [0.15, 0.2) is 42.5 Å². The highest BCUT2D eigenvalue weighted by Gasteiger charge is 2.22. The molecule has 1 N–H and O–H groups in total.